The molecular weight excluding hydrogens is 262 g/mol. The molecule has 19 heavy (non-hydrogen) atoms. The van der Waals surface area contributed by atoms with Crippen molar-refractivity contribution in [3.8, 4) is 0 Å². The number of anilines is 1. The van der Waals surface area contributed by atoms with Crippen LogP contribution in [0.15, 0.2) is 24.3 Å². The molecule has 100 valence electrons. The molecule has 0 unspecified atom stereocenters. The number of nitrogens with one attached hydrogen (secondary N) is 1. The highest BCUT2D eigenvalue weighted by atomic mass is 32.1. The molecule has 0 atom stereocenters. The molecule has 1 aromatic heterocycles. The van der Waals surface area contributed by atoms with E-state index in [1.165, 1.54) is 11.3 Å². The highest BCUT2D eigenvalue weighted by Gasteiger charge is 2.19. The molecule has 2 aromatic rings. The van der Waals surface area contributed by atoms with E-state index in [9.17, 15) is 9.59 Å². The summed E-state index contributed by atoms with van der Waals surface area (Å²) in [6, 6.07) is 7.28. The smallest absolute Gasteiger partial charge is 0.348 e. The van der Waals surface area contributed by atoms with E-state index in [0.29, 0.717) is 17.0 Å². The highest BCUT2D eigenvalue weighted by Crippen LogP contribution is 2.29. The van der Waals surface area contributed by atoms with Crippen molar-refractivity contribution >= 4 is 39.5 Å². The molecule has 0 aliphatic heterocycles. The molecular formula is C14H15NO3S. The van der Waals surface area contributed by atoms with E-state index in [0.717, 1.165) is 10.1 Å². The van der Waals surface area contributed by atoms with E-state index in [1.807, 2.05) is 32.9 Å². The number of rotatable bonds is 3. The largest absolute Gasteiger partial charge is 0.456 e. The maximum atomic E-state index is 12.0. The van der Waals surface area contributed by atoms with Gasteiger partial charge < -0.3 is 10.1 Å². The number of hydrogen-bond donors (Lipinski definition) is 1. The van der Waals surface area contributed by atoms with Crippen LogP contribution in [0.25, 0.3) is 10.1 Å². The number of amides is 1. The van der Waals surface area contributed by atoms with Crippen molar-refractivity contribution in [3.05, 3.63) is 29.1 Å². The SMILES string of the molecule is CC(C)(C)OC(=O)c1cc2cc(NC=O)ccc2s1. The number of esters is 1. The van der Waals surface area contributed by atoms with Crippen molar-refractivity contribution < 1.29 is 14.3 Å². The second-order valence-corrected chi connectivity index (χ2v) is 6.21. The van der Waals surface area contributed by atoms with Crippen LogP contribution >= 0.6 is 11.3 Å². The van der Waals surface area contributed by atoms with E-state index < -0.39 is 5.60 Å². The van der Waals surface area contributed by atoms with E-state index in [2.05, 4.69) is 5.32 Å². The van der Waals surface area contributed by atoms with Crippen molar-refractivity contribution in [2.24, 2.45) is 0 Å². The Labute approximate surface area is 115 Å². The number of carbonyl (C=O) groups is 2. The zero-order valence-electron chi connectivity index (χ0n) is 11.0. The molecule has 0 fully saturated rings. The Morgan fingerprint density at radius 2 is 2.05 bits per heavy atom. The first-order valence-electron chi connectivity index (χ1n) is 5.86. The summed E-state index contributed by atoms with van der Waals surface area (Å²) >= 11 is 1.38. The average Bonchev–Trinajstić information content (AvgIpc) is 2.70. The van der Waals surface area contributed by atoms with Crippen LogP contribution in [0.5, 0.6) is 0 Å². The number of fused-ring (bicyclic) bond motifs is 1. The van der Waals surface area contributed by atoms with Crippen LogP contribution in [0.4, 0.5) is 5.69 Å². The Kier molecular flexibility index (Phi) is 3.57. The monoisotopic (exact) mass is 277 g/mol. The summed E-state index contributed by atoms with van der Waals surface area (Å²) < 4.78 is 6.31. The first-order chi connectivity index (χ1) is 8.89. The van der Waals surface area contributed by atoms with Gasteiger partial charge in [-0.05, 0) is 50.4 Å². The van der Waals surface area contributed by atoms with Crippen LogP contribution in [-0.4, -0.2) is 18.0 Å². The van der Waals surface area contributed by atoms with Crippen LogP contribution in [0.1, 0.15) is 30.4 Å². The lowest BCUT2D eigenvalue weighted by molar-refractivity contribution is -0.105. The molecule has 0 bridgehead atoms. The molecule has 0 aliphatic carbocycles. The third-order valence-electron chi connectivity index (χ3n) is 2.34. The van der Waals surface area contributed by atoms with Gasteiger partial charge in [-0.15, -0.1) is 11.3 Å². The topological polar surface area (TPSA) is 55.4 Å². The molecule has 1 amide bonds. The van der Waals surface area contributed by atoms with Crippen LogP contribution < -0.4 is 5.32 Å². The molecule has 1 aromatic carbocycles. The van der Waals surface area contributed by atoms with Gasteiger partial charge >= 0.3 is 5.97 Å². The van der Waals surface area contributed by atoms with Crippen LogP contribution in [-0.2, 0) is 9.53 Å². The summed E-state index contributed by atoms with van der Waals surface area (Å²) in [5.74, 6) is -0.321. The van der Waals surface area contributed by atoms with Gasteiger partial charge in [-0.25, -0.2) is 4.79 Å². The van der Waals surface area contributed by atoms with Gasteiger partial charge in [0.2, 0.25) is 6.41 Å². The third kappa shape index (κ3) is 3.32. The van der Waals surface area contributed by atoms with E-state index in [-0.39, 0.29) is 5.97 Å². The second-order valence-electron chi connectivity index (χ2n) is 5.13. The summed E-state index contributed by atoms with van der Waals surface area (Å²) in [7, 11) is 0. The predicted octanol–water partition coefficient (Wildman–Crippen LogP) is 3.42. The third-order valence-corrected chi connectivity index (χ3v) is 3.44. The fourth-order valence-electron chi connectivity index (χ4n) is 1.63. The fraction of sp³-hybridized carbons (Fsp3) is 0.286. The fourth-order valence-corrected chi connectivity index (χ4v) is 2.55. The van der Waals surface area contributed by atoms with Gasteiger partial charge in [0.25, 0.3) is 0 Å². The van der Waals surface area contributed by atoms with E-state index in [4.69, 9.17) is 4.74 Å². The number of hydrogen-bond acceptors (Lipinski definition) is 4. The van der Waals surface area contributed by atoms with Gasteiger partial charge in [0.15, 0.2) is 0 Å². The molecule has 5 heteroatoms. The Morgan fingerprint density at radius 1 is 1.32 bits per heavy atom. The first-order valence-corrected chi connectivity index (χ1v) is 6.68. The standard InChI is InChI=1S/C14H15NO3S/c1-14(2,3)18-13(17)12-7-9-6-10(15-8-16)4-5-11(9)19-12/h4-8H,1-3H3,(H,15,16). The minimum atomic E-state index is -0.502. The molecule has 0 saturated heterocycles. The number of thiophene rings is 1. The lowest BCUT2D eigenvalue weighted by Gasteiger charge is -2.18. The highest BCUT2D eigenvalue weighted by molar-refractivity contribution is 7.20. The summed E-state index contributed by atoms with van der Waals surface area (Å²) in [4.78, 5) is 22.9. The van der Waals surface area contributed by atoms with Crippen molar-refractivity contribution in [2.75, 3.05) is 5.32 Å². The summed E-state index contributed by atoms with van der Waals surface area (Å²) in [5.41, 5.74) is 0.202. The van der Waals surface area contributed by atoms with Gasteiger partial charge in [0.1, 0.15) is 10.5 Å². The summed E-state index contributed by atoms with van der Waals surface area (Å²) in [6.45, 7) is 5.51. The molecule has 4 nitrogen and oxygen atoms in total. The lowest BCUT2D eigenvalue weighted by atomic mass is 10.2. The molecule has 1 N–H and O–H groups in total. The van der Waals surface area contributed by atoms with Crippen LogP contribution in [0.2, 0.25) is 0 Å². The van der Waals surface area contributed by atoms with E-state index >= 15 is 0 Å². The minimum absolute atomic E-state index is 0.321. The Hall–Kier alpha value is -1.88. The molecule has 1 heterocycles. The second kappa shape index (κ2) is 5.01. The van der Waals surface area contributed by atoms with Crippen molar-refractivity contribution in [1.29, 1.82) is 0 Å². The lowest BCUT2D eigenvalue weighted by Crippen LogP contribution is -2.23. The quantitative estimate of drug-likeness (QED) is 0.691. The van der Waals surface area contributed by atoms with Crippen molar-refractivity contribution in [3.63, 3.8) is 0 Å². The first kappa shape index (κ1) is 13.5. The Morgan fingerprint density at radius 3 is 2.68 bits per heavy atom. The van der Waals surface area contributed by atoms with Gasteiger partial charge in [0.05, 0.1) is 0 Å². The summed E-state index contributed by atoms with van der Waals surface area (Å²) in [5, 5.41) is 3.50. The van der Waals surface area contributed by atoms with Crippen LogP contribution in [0, 0.1) is 0 Å². The molecule has 0 aliphatic rings. The predicted molar refractivity (Wildman–Crippen MR) is 76.7 cm³/mol. The normalized spacial score (nSPS) is 11.3. The number of benzene rings is 1. The molecule has 0 spiro atoms. The summed E-state index contributed by atoms with van der Waals surface area (Å²) in [6.07, 6.45) is 0.627. The zero-order chi connectivity index (χ0) is 14.0. The maximum Gasteiger partial charge on any atom is 0.348 e. The van der Waals surface area contributed by atoms with Gasteiger partial charge in [-0.1, -0.05) is 0 Å². The Bertz CT molecular complexity index is 625. The molecule has 2 rings (SSSR count). The molecule has 0 radical (unpaired) electrons. The van der Waals surface area contributed by atoms with Crippen molar-refractivity contribution in [1.82, 2.24) is 0 Å². The average molecular weight is 277 g/mol. The number of carbonyl (C=O) groups excluding carboxylic acids is 2. The van der Waals surface area contributed by atoms with Gasteiger partial charge in [-0.3, -0.25) is 4.79 Å². The van der Waals surface area contributed by atoms with Crippen molar-refractivity contribution in [2.45, 2.75) is 26.4 Å². The minimum Gasteiger partial charge on any atom is -0.456 e. The maximum absolute atomic E-state index is 12.0. The molecule has 0 saturated carbocycles. The van der Waals surface area contributed by atoms with Gasteiger partial charge in [0, 0.05) is 10.4 Å². The zero-order valence-corrected chi connectivity index (χ0v) is 11.8. The Balaban J connectivity index is 2.31. The van der Waals surface area contributed by atoms with Crippen LogP contribution in [0.3, 0.4) is 0 Å². The number of ether oxygens (including phenoxy) is 1. The van der Waals surface area contributed by atoms with E-state index in [1.54, 1.807) is 12.1 Å². The van der Waals surface area contributed by atoms with Gasteiger partial charge in [-0.2, -0.15) is 0 Å².